The number of rotatable bonds is 4. The van der Waals surface area contributed by atoms with Crippen molar-refractivity contribution in [1.82, 2.24) is 5.32 Å². The van der Waals surface area contributed by atoms with E-state index in [0.717, 1.165) is 30.4 Å². The molecule has 3 nitrogen and oxygen atoms in total. The second-order valence-electron chi connectivity index (χ2n) is 5.60. The number of benzene rings is 1. The molecule has 1 aliphatic carbocycles. The van der Waals surface area contributed by atoms with Crippen LogP contribution in [0, 0.1) is 5.92 Å². The summed E-state index contributed by atoms with van der Waals surface area (Å²) in [5, 5.41) is 3.59. The van der Waals surface area contributed by atoms with Crippen LogP contribution in [0.2, 0.25) is 0 Å². The fourth-order valence-electron chi connectivity index (χ4n) is 3.14. The SMILES string of the molecule is CCNC1CC(C2CCC2)Oc2ccc(OC)cc21. The lowest BCUT2D eigenvalue weighted by atomic mass is 9.77. The molecule has 2 unspecified atom stereocenters. The molecule has 2 aliphatic rings. The number of nitrogens with one attached hydrogen (secondary N) is 1. The maximum absolute atomic E-state index is 6.22. The smallest absolute Gasteiger partial charge is 0.124 e. The van der Waals surface area contributed by atoms with Gasteiger partial charge in [-0.3, -0.25) is 0 Å². The van der Waals surface area contributed by atoms with Crippen LogP contribution in [0.4, 0.5) is 0 Å². The lowest BCUT2D eigenvalue weighted by Gasteiger charge is -2.40. The van der Waals surface area contributed by atoms with Crippen molar-refractivity contribution in [3.8, 4) is 11.5 Å². The molecular formula is C16H23NO2. The fraction of sp³-hybridized carbons (Fsp3) is 0.625. The van der Waals surface area contributed by atoms with Gasteiger partial charge in [-0.2, -0.15) is 0 Å². The second kappa shape index (κ2) is 5.41. The zero-order chi connectivity index (χ0) is 13.2. The minimum atomic E-state index is 0.388. The lowest BCUT2D eigenvalue weighted by Crippen LogP contribution is -2.39. The van der Waals surface area contributed by atoms with Crippen molar-refractivity contribution >= 4 is 0 Å². The summed E-state index contributed by atoms with van der Waals surface area (Å²) in [6, 6.07) is 6.56. The molecule has 3 heteroatoms. The molecule has 1 aromatic rings. The fourth-order valence-corrected chi connectivity index (χ4v) is 3.14. The van der Waals surface area contributed by atoms with E-state index in [1.54, 1.807) is 7.11 Å². The Morgan fingerprint density at radius 2 is 2.21 bits per heavy atom. The summed E-state index contributed by atoms with van der Waals surface area (Å²) in [5.41, 5.74) is 1.25. The third-order valence-corrected chi connectivity index (χ3v) is 4.46. The summed E-state index contributed by atoms with van der Waals surface area (Å²) in [7, 11) is 1.71. The van der Waals surface area contributed by atoms with Gasteiger partial charge in [-0.25, -0.2) is 0 Å². The molecule has 0 saturated heterocycles. The van der Waals surface area contributed by atoms with Gasteiger partial charge < -0.3 is 14.8 Å². The van der Waals surface area contributed by atoms with Crippen LogP contribution < -0.4 is 14.8 Å². The predicted octanol–water partition coefficient (Wildman–Crippen LogP) is 3.30. The molecule has 2 atom stereocenters. The standard InChI is InChI=1S/C16H23NO2/c1-3-17-14-10-16(11-5-4-6-11)19-15-8-7-12(18-2)9-13(14)15/h7-9,11,14,16-17H,3-6,10H2,1-2H3. The Hall–Kier alpha value is -1.22. The normalized spacial score (nSPS) is 26.2. The van der Waals surface area contributed by atoms with Gasteiger partial charge in [0.25, 0.3) is 0 Å². The first kappa shape index (κ1) is 12.8. The summed E-state index contributed by atoms with van der Waals surface area (Å²) < 4.78 is 11.5. The van der Waals surface area contributed by atoms with Gasteiger partial charge in [-0.05, 0) is 43.5 Å². The van der Waals surface area contributed by atoms with Crippen molar-refractivity contribution in [1.29, 1.82) is 0 Å². The van der Waals surface area contributed by atoms with E-state index in [0.29, 0.717) is 12.1 Å². The van der Waals surface area contributed by atoms with Crippen molar-refractivity contribution < 1.29 is 9.47 Å². The van der Waals surface area contributed by atoms with E-state index < -0.39 is 0 Å². The summed E-state index contributed by atoms with van der Waals surface area (Å²) in [4.78, 5) is 0. The van der Waals surface area contributed by atoms with E-state index >= 15 is 0 Å². The van der Waals surface area contributed by atoms with Crippen LogP contribution in [0.5, 0.6) is 11.5 Å². The molecule has 3 rings (SSSR count). The number of methoxy groups -OCH3 is 1. The highest BCUT2D eigenvalue weighted by atomic mass is 16.5. The average Bonchev–Trinajstić information content (AvgIpc) is 2.37. The van der Waals surface area contributed by atoms with E-state index in [2.05, 4.69) is 24.4 Å². The van der Waals surface area contributed by atoms with Crippen LogP contribution in [-0.2, 0) is 0 Å². The van der Waals surface area contributed by atoms with Gasteiger partial charge in [0.15, 0.2) is 0 Å². The largest absolute Gasteiger partial charge is 0.497 e. The van der Waals surface area contributed by atoms with Crippen molar-refractivity contribution in [3.05, 3.63) is 23.8 Å². The number of fused-ring (bicyclic) bond motifs is 1. The Kier molecular flexibility index (Phi) is 3.65. The molecule has 0 spiro atoms. The molecule has 0 radical (unpaired) electrons. The second-order valence-corrected chi connectivity index (χ2v) is 5.60. The van der Waals surface area contributed by atoms with Gasteiger partial charge in [0.2, 0.25) is 0 Å². The molecule has 0 amide bonds. The molecule has 1 aromatic carbocycles. The van der Waals surface area contributed by atoms with Gasteiger partial charge in [0.1, 0.15) is 17.6 Å². The molecule has 1 saturated carbocycles. The third-order valence-electron chi connectivity index (χ3n) is 4.46. The highest BCUT2D eigenvalue weighted by molar-refractivity contribution is 5.43. The van der Waals surface area contributed by atoms with Crippen LogP contribution in [0.15, 0.2) is 18.2 Å². The highest BCUT2D eigenvalue weighted by Gasteiger charge is 2.35. The van der Waals surface area contributed by atoms with Gasteiger partial charge in [0.05, 0.1) is 7.11 Å². The Bertz CT molecular complexity index is 442. The molecular weight excluding hydrogens is 238 g/mol. The first-order chi connectivity index (χ1) is 9.31. The molecule has 19 heavy (non-hydrogen) atoms. The summed E-state index contributed by atoms with van der Waals surface area (Å²) >= 11 is 0. The first-order valence-corrected chi connectivity index (χ1v) is 7.39. The van der Waals surface area contributed by atoms with Crippen LogP contribution >= 0.6 is 0 Å². The zero-order valence-electron chi connectivity index (χ0n) is 11.8. The van der Waals surface area contributed by atoms with E-state index in [-0.39, 0.29) is 0 Å². The first-order valence-electron chi connectivity index (χ1n) is 7.39. The van der Waals surface area contributed by atoms with Gasteiger partial charge >= 0.3 is 0 Å². The summed E-state index contributed by atoms with van der Waals surface area (Å²) in [6.45, 7) is 3.15. The summed E-state index contributed by atoms with van der Waals surface area (Å²) in [5.74, 6) is 2.71. The van der Waals surface area contributed by atoms with E-state index in [1.807, 2.05) is 6.07 Å². The van der Waals surface area contributed by atoms with Crippen LogP contribution in [0.25, 0.3) is 0 Å². The summed E-state index contributed by atoms with van der Waals surface area (Å²) in [6.07, 6.45) is 5.49. The topological polar surface area (TPSA) is 30.5 Å². The van der Waals surface area contributed by atoms with Crippen LogP contribution in [-0.4, -0.2) is 19.8 Å². The van der Waals surface area contributed by atoms with Crippen molar-refractivity contribution in [2.45, 2.75) is 44.8 Å². The van der Waals surface area contributed by atoms with Crippen LogP contribution in [0.1, 0.15) is 44.2 Å². The molecule has 104 valence electrons. The number of hydrogen-bond acceptors (Lipinski definition) is 3. The predicted molar refractivity (Wildman–Crippen MR) is 75.8 cm³/mol. The minimum absolute atomic E-state index is 0.388. The molecule has 1 aliphatic heterocycles. The van der Waals surface area contributed by atoms with Gasteiger partial charge in [-0.15, -0.1) is 0 Å². The van der Waals surface area contributed by atoms with E-state index in [1.165, 1.54) is 24.8 Å². The van der Waals surface area contributed by atoms with Crippen molar-refractivity contribution in [2.75, 3.05) is 13.7 Å². The maximum Gasteiger partial charge on any atom is 0.124 e. The number of hydrogen-bond donors (Lipinski definition) is 1. The van der Waals surface area contributed by atoms with Gasteiger partial charge in [0, 0.05) is 18.0 Å². The Morgan fingerprint density at radius 3 is 2.84 bits per heavy atom. The lowest BCUT2D eigenvalue weighted by molar-refractivity contribution is 0.0532. The monoisotopic (exact) mass is 261 g/mol. The molecule has 0 aromatic heterocycles. The van der Waals surface area contributed by atoms with E-state index in [4.69, 9.17) is 9.47 Å². The number of ether oxygens (including phenoxy) is 2. The van der Waals surface area contributed by atoms with E-state index in [9.17, 15) is 0 Å². The Balaban J connectivity index is 1.86. The molecule has 0 bridgehead atoms. The van der Waals surface area contributed by atoms with Crippen molar-refractivity contribution in [3.63, 3.8) is 0 Å². The zero-order valence-corrected chi connectivity index (χ0v) is 11.8. The molecule has 1 heterocycles. The Morgan fingerprint density at radius 1 is 1.37 bits per heavy atom. The quantitative estimate of drug-likeness (QED) is 0.902. The highest BCUT2D eigenvalue weighted by Crippen LogP contribution is 2.43. The van der Waals surface area contributed by atoms with Crippen molar-refractivity contribution in [2.24, 2.45) is 5.92 Å². The van der Waals surface area contributed by atoms with Gasteiger partial charge in [-0.1, -0.05) is 13.3 Å². The van der Waals surface area contributed by atoms with Crippen LogP contribution in [0.3, 0.4) is 0 Å². The minimum Gasteiger partial charge on any atom is -0.497 e. The molecule has 1 N–H and O–H groups in total. The molecule has 1 fully saturated rings. The Labute approximate surface area is 115 Å². The maximum atomic E-state index is 6.22. The average molecular weight is 261 g/mol. The third kappa shape index (κ3) is 2.44.